The van der Waals surface area contributed by atoms with E-state index in [4.69, 9.17) is 0 Å². The highest BCUT2D eigenvalue weighted by Gasteiger charge is 2.31. The Morgan fingerprint density at radius 2 is 2.35 bits per heavy atom. The monoisotopic (exact) mass is 290 g/mol. The summed E-state index contributed by atoms with van der Waals surface area (Å²) >= 11 is 1.71. The number of amides is 1. The molecule has 0 aromatic carbocycles. The van der Waals surface area contributed by atoms with Gasteiger partial charge < -0.3 is 4.90 Å². The lowest BCUT2D eigenvalue weighted by atomic mass is 10.1. The minimum atomic E-state index is -0.220. The molecule has 5 nitrogen and oxygen atoms in total. The Balaban J connectivity index is 1.83. The van der Waals surface area contributed by atoms with Gasteiger partial charge in [0.25, 0.3) is 0 Å². The number of fused-ring (bicyclic) bond motifs is 1. The molecule has 0 radical (unpaired) electrons. The first-order valence-electron chi connectivity index (χ1n) is 6.62. The summed E-state index contributed by atoms with van der Waals surface area (Å²) in [6.45, 7) is 2.43. The minimum absolute atomic E-state index is 0.102. The van der Waals surface area contributed by atoms with Gasteiger partial charge in [-0.1, -0.05) is 0 Å². The lowest BCUT2D eigenvalue weighted by Gasteiger charge is -2.34. The number of hydrogen-bond donors (Lipinski definition) is 0. The molecule has 0 spiro atoms. The molecule has 2 aromatic heterocycles. The van der Waals surface area contributed by atoms with E-state index in [1.165, 1.54) is 5.56 Å². The summed E-state index contributed by atoms with van der Waals surface area (Å²) in [7, 11) is 3.59. The zero-order valence-corrected chi connectivity index (χ0v) is 12.5. The molecule has 3 heterocycles. The molecule has 0 saturated carbocycles. The van der Waals surface area contributed by atoms with Crippen molar-refractivity contribution < 1.29 is 4.79 Å². The first-order chi connectivity index (χ1) is 9.65. The van der Waals surface area contributed by atoms with Crippen LogP contribution in [0.5, 0.6) is 0 Å². The third kappa shape index (κ3) is 2.48. The maximum absolute atomic E-state index is 12.3. The molecule has 2 aromatic rings. The molecule has 1 atom stereocenters. The normalized spacial score (nSPS) is 18.8. The van der Waals surface area contributed by atoms with E-state index < -0.39 is 0 Å². The predicted molar refractivity (Wildman–Crippen MR) is 78.4 cm³/mol. The number of nitrogens with zero attached hydrogens (tertiary/aromatic N) is 4. The van der Waals surface area contributed by atoms with Crippen LogP contribution < -0.4 is 0 Å². The van der Waals surface area contributed by atoms with Gasteiger partial charge in [-0.25, -0.2) is 0 Å². The van der Waals surface area contributed by atoms with Crippen molar-refractivity contribution in [3.8, 4) is 0 Å². The standard InChI is InChI=1S/C14H18N4OS/c1-16(2)14(19)13-9-17(7-11-4-6-20-10-11)8-12-3-5-15-18(12)13/h3-6,10,13H,7-9H2,1-2H3. The van der Waals surface area contributed by atoms with E-state index >= 15 is 0 Å². The summed E-state index contributed by atoms with van der Waals surface area (Å²) in [6, 6.07) is 3.91. The van der Waals surface area contributed by atoms with Crippen molar-refractivity contribution >= 4 is 17.2 Å². The number of hydrogen-bond acceptors (Lipinski definition) is 4. The fraction of sp³-hybridized carbons (Fsp3) is 0.429. The van der Waals surface area contributed by atoms with Crippen molar-refractivity contribution in [2.45, 2.75) is 19.1 Å². The molecular weight excluding hydrogens is 272 g/mol. The highest BCUT2D eigenvalue weighted by molar-refractivity contribution is 7.07. The maximum Gasteiger partial charge on any atom is 0.248 e. The summed E-state index contributed by atoms with van der Waals surface area (Å²) < 4.78 is 1.87. The van der Waals surface area contributed by atoms with Gasteiger partial charge in [-0.3, -0.25) is 14.4 Å². The number of likely N-dealkylation sites (N-methyl/N-ethyl adjacent to an activating group) is 1. The Bertz CT molecular complexity index is 590. The van der Waals surface area contributed by atoms with E-state index in [0.717, 1.165) is 18.8 Å². The van der Waals surface area contributed by atoms with Gasteiger partial charge in [0.05, 0.1) is 5.69 Å². The Morgan fingerprint density at radius 3 is 3.05 bits per heavy atom. The van der Waals surface area contributed by atoms with E-state index in [-0.39, 0.29) is 11.9 Å². The molecule has 106 valence electrons. The van der Waals surface area contributed by atoms with Crippen LogP contribution in [0.3, 0.4) is 0 Å². The van der Waals surface area contributed by atoms with Crippen LogP contribution >= 0.6 is 11.3 Å². The van der Waals surface area contributed by atoms with Crippen LogP contribution in [0.2, 0.25) is 0 Å². The molecule has 0 N–H and O–H groups in total. The fourth-order valence-corrected chi connectivity index (χ4v) is 3.26. The van der Waals surface area contributed by atoms with Gasteiger partial charge in [0.1, 0.15) is 6.04 Å². The fourth-order valence-electron chi connectivity index (χ4n) is 2.61. The average molecular weight is 290 g/mol. The molecule has 0 aliphatic carbocycles. The van der Waals surface area contributed by atoms with Crippen LogP contribution in [0.1, 0.15) is 17.3 Å². The summed E-state index contributed by atoms with van der Waals surface area (Å²) in [6.07, 6.45) is 1.78. The van der Waals surface area contributed by atoms with Crippen molar-refractivity contribution in [1.29, 1.82) is 0 Å². The molecule has 3 rings (SSSR count). The molecular formula is C14H18N4OS. The molecule has 1 aliphatic heterocycles. The second-order valence-electron chi connectivity index (χ2n) is 5.32. The molecule has 1 amide bonds. The first kappa shape index (κ1) is 13.3. The highest BCUT2D eigenvalue weighted by Crippen LogP contribution is 2.23. The van der Waals surface area contributed by atoms with Crippen LogP contribution in [0.15, 0.2) is 29.1 Å². The van der Waals surface area contributed by atoms with Crippen LogP contribution in [0.4, 0.5) is 0 Å². The third-order valence-corrected chi connectivity index (χ3v) is 4.31. The Labute approximate surface area is 122 Å². The van der Waals surface area contributed by atoms with Crippen LogP contribution in [-0.2, 0) is 17.9 Å². The smallest absolute Gasteiger partial charge is 0.248 e. The van der Waals surface area contributed by atoms with Gasteiger partial charge in [-0.05, 0) is 28.5 Å². The number of carbonyl (C=O) groups is 1. The van der Waals surface area contributed by atoms with E-state index in [1.807, 2.05) is 10.7 Å². The second kappa shape index (κ2) is 5.38. The second-order valence-corrected chi connectivity index (χ2v) is 6.10. The molecule has 0 fully saturated rings. The first-order valence-corrected chi connectivity index (χ1v) is 7.56. The molecule has 20 heavy (non-hydrogen) atoms. The van der Waals surface area contributed by atoms with Gasteiger partial charge in [0.2, 0.25) is 5.91 Å². The van der Waals surface area contributed by atoms with Crippen molar-refractivity contribution in [2.24, 2.45) is 0 Å². The van der Waals surface area contributed by atoms with Crippen molar-refractivity contribution in [3.05, 3.63) is 40.3 Å². The largest absolute Gasteiger partial charge is 0.347 e. The number of carbonyl (C=O) groups excluding carboxylic acids is 1. The van der Waals surface area contributed by atoms with Crippen LogP contribution in [0, 0.1) is 0 Å². The minimum Gasteiger partial charge on any atom is -0.347 e. The van der Waals surface area contributed by atoms with Gasteiger partial charge in [0, 0.05) is 39.9 Å². The SMILES string of the molecule is CN(C)C(=O)C1CN(Cc2ccsc2)Cc2ccnn21. The highest BCUT2D eigenvalue weighted by atomic mass is 32.1. The van der Waals surface area contributed by atoms with Crippen LogP contribution in [0.25, 0.3) is 0 Å². The van der Waals surface area contributed by atoms with E-state index in [9.17, 15) is 4.79 Å². The van der Waals surface area contributed by atoms with Crippen molar-refractivity contribution in [1.82, 2.24) is 19.6 Å². The molecule has 1 unspecified atom stereocenters. The average Bonchev–Trinajstić information content (AvgIpc) is 3.07. The summed E-state index contributed by atoms with van der Waals surface area (Å²) in [5, 5.41) is 8.57. The Kier molecular flexibility index (Phi) is 3.58. The van der Waals surface area contributed by atoms with Gasteiger partial charge in [0.15, 0.2) is 0 Å². The lowest BCUT2D eigenvalue weighted by molar-refractivity contribution is -0.134. The maximum atomic E-state index is 12.3. The molecule has 6 heteroatoms. The summed E-state index contributed by atoms with van der Waals surface area (Å²) in [5.74, 6) is 0.102. The van der Waals surface area contributed by atoms with Gasteiger partial charge in [-0.15, -0.1) is 0 Å². The van der Waals surface area contributed by atoms with Crippen LogP contribution in [-0.4, -0.2) is 46.1 Å². The number of aromatic nitrogens is 2. The van der Waals surface area contributed by atoms with E-state index in [1.54, 1.807) is 36.5 Å². The summed E-state index contributed by atoms with van der Waals surface area (Å²) in [4.78, 5) is 16.3. The quantitative estimate of drug-likeness (QED) is 0.862. The molecule has 0 saturated heterocycles. The topological polar surface area (TPSA) is 41.4 Å². The van der Waals surface area contributed by atoms with Crippen molar-refractivity contribution in [3.63, 3.8) is 0 Å². The zero-order valence-electron chi connectivity index (χ0n) is 11.7. The van der Waals surface area contributed by atoms with Gasteiger partial charge >= 0.3 is 0 Å². The third-order valence-electron chi connectivity index (χ3n) is 3.58. The van der Waals surface area contributed by atoms with Gasteiger partial charge in [-0.2, -0.15) is 16.4 Å². The van der Waals surface area contributed by atoms with E-state index in [2.05, 4.69) is 26.8 Å². The number of thiophene rings is 1. The Hall–Kier alpha value is -1.66. The zero-order chi connectivity index (χ0) is 14.1. The Morgan fingerprint density at radius 1 is 1.50 bits per heavy atom. The molecule has 0 bridgehead atoms. The van der Waals surface area contributed by atoms with E-state index in [0.29, 0.717) is 6.54 Å². The van der Waals surface area contributed by atoms with Crippen molar-refractivity contribution in [2.75, 3.05) is 20.6 Å². The predicted octanol–water partition coefficient (Wildman–Crippen LogP) is 1.59. The summed E-state index contributed by atoms with van der Waals surface area (Å²) in [5.41, 5.74) is 2.41. The number of rotatable bonds is 3. The lowest BCUT2D eigenvalue weighted by Crippen LogP contribution is -2.44. The molecule has 1 aliphatic rings.